The van der Waals surface area contributed by atoms with Crippen molar-refractivity contribution in [3.8, 4) is 5.75 Å². The van der Waals surface area contributed by atoms with Crippen LogP contribution in [0.3, 0.4) is 0 Å². The molecule has 2 unspecified atom stereocenters. The summed E-state index contributed by atoms with van der Waals surface area (Å²) in [7, 11) is 0. The fourth-order valence-electron chi connectivity index (χ4n) is 1.63. The molecule has 0 radical (unpaired) electrons. The van der Waals surface area contributed by atoms with E-state index in [0.717, 1.165) is 12.1 Å². The fraction of sp³-hybridized carbons (Fsp3) is 0.273. The van der Waals surface area contributed by atoms with Gasteiger partial charge in [0.05, 0.1) is 6.10 Å². The second-order valence-corrected chi connectivity index (χ2v) is 3.93. The Bertz CT molecular complexity index is 523. The predicted octanol–water partition coefficient (Wildman–Crippen LogP) is -0.518. The molecule has 102 valence electrons. The number of aliphatic hydroxyl groups is 1. The van der Waals surface area contributed by atoms with E-state index in [-0.39, 0.29) is 6.54 Å². The van der Waals surface area contributed by atoms with Crippen LogP contribution in [-0.4, -0.2) is 29.6 Å². The topological polar surface area (TPSA) is 87.7 Å². The average molecular weight is 272 g/mol. The minimum Gasteiger partial charge on any atom is -0.390 e. The first-order chi connectivity index (χ1) is 8.99. The van der Waals surface area contributed by atoms with Gasteiger partial charge in [-0.15, -0.1) is 0 Å². The lowest BCUT2D eigenvalue weighted by Crippen LogP contribution is -2.41. The Balaban J connectivity index is 1.98. The van der Waals surface area contributed by atoms with E-state index in [1.165, 1.54) is 0 Å². The number of hydroxylamine groups is 1. The van der Waals surface area contributed by atoms with Gasteiger partial charge in [0.2, 0.25) is 5.91 Å². The molecule has 6 nitrogen and oxygen atoms in total. The predicted molar refractivity (Wildman–Crippen MR) is 57.6 cm³/mol. The molecule has 0 saturated carbocycles. The van der Waals surface area contributed by atoms with Crippen LogP contribution in [0.1, 0.15) is 0 Å². The molecule has 1 aliphatic rings. The van der Waals surface area contributed by atoms with Crippen LogP contribution < -0.4 is 15.6 Å². The van der Waals surface area contributed by atoms with Crippen LogP contribution in [0.2, 0.25) is 0 Å². The van der Waals surface area contributed by atoms with Crippen molar-refractivity contribution < 1.29 is 28.3 Å². The minimum atomic E-state index is -1.32. The number of nitrogens with one attached hydrogen (secondary N) is 2. The number of hydrogen-bond donors (Lipinski definition) is 3. The van der Waals surface area contributed by atoms with E-state index < -0.39 is 41.2 Å². The van der Waals surface area contributed by atoms with Gasteiger partial charge in [-0.3, -0.25) is 9.59 Å². The third-order valence-corrected chi connectivity index (χ3v) is 2.59. The molecule has 1 aromatic carbocycles. The third-order valence-electron chi connectivity index (χ3n) is 2.59. The molecule has 1 saturated heterocycles. The summed E-state index contributed by atoms with van der Waals surface area (Å²) in [5.74, 6) is -5.07. The summed E-state index contributed by atoms with van der Waals surface area (Å²) >= 11 is 0. The largest absolute Gasteiger partial charge is 0.390 e. The Kier molecular flexibility index (Phi) is 3.61. The maximum Gasteiger partial charge on any atom is 0.267 e. The second-order valence-electron chi connectivity index (χ2n) is 3.93. The first-order valence-electron chi connectivity index (χ1n) is 5.36. The van der Waals surface area contributed by atoms with Gasteiger partial charge < -0.3 is 15.3 Å². The van der Waals surface area contributed by atoms with Crippen LogP contribution in [0.15, 0.2) is 18.2 Å². The number of carbonyl (C=O) groups is 2. The Morgan fingerprint density at radius 3 is 2.79 bits per heavy atom. The number of aliphatic hydroxyl groups excluding tert-OH is 1. The van der Waals surface area contributed by atoms with Gasteiger partial charge in [-0.2, -0.15) is 5.48 Å². The average Bonchev–Trinajstić information content (AvgIpc) is 2.68. The van der Waals surface area contributed by atoms with Gasteiger partial charge >= 0.3 is 0 Å². The quantitative estimate of drug-likeness (QED) is 0.510. The highest BCUT2D eigenvalue weighted by Gasteiger charge is 2.39. The molecule has 1 aromatic rings. The Morgan fingerprint density at radius 2 is 2.21 bits per heavy atom. The van der Waals surface area contributed by atoms with E-state index in [9.17, 15) is 23.5 Å². The zero-order valence-corrected chi connectivity index (χ0v) is 9.52. The lowest BCUT2D eigenvalue weighted by molar-refractivity contribution is -0.140. The molecule has 0 bridgehead atoms. The number of amides is 2. The van der Waals surface area contributed by atoms with Crippen LogP contribution >= 0.6 is 0 Å². The zero-order valence-electron chi connectivity index (χ0n) is 9.52. The summed E-state index contributed by atoms with van der Waals surface area (Å²) in [4.78, 5) is 27.4. The van der Waals surface area contributed by atoms with Crippen molar-refractivity contribution in [2.45, 2.75) is 6.10 Å². The van der Waals surface area contributed by atoms with Crippen LogP contribution in [0.25, 0.3) is 0 Å². The summed E-state index contributed by atoms with van der Waals surface area (Å²) in [6.07, 6.45) is -1.17. The molecule has 1 aliphatic heterocycles. The van der Waals surface area contributed by atoms with E-state index in [1.807, 2.05) is 5.48 Å². The highest BCUT2D eigenvalue weighted by molar-refractivity contribution is 6.02. The number of hydrogen-bond acceptors (Lipinski definition) is 4. The summed E-state index contributed by atoms with van der Waals surface area (Å²) in [5.41, 5.74) is 1.84. The molecule has 0 spiro atoms. The van der Waals surface area contributed by atoms with Crippen molar-refractivity contribution in [1.82, 2.24) is 10.8 Å². The monoisotopic (exact) mass is 272 g/mol. The van der Waals surface area contributed by atoms with Crippen molar-refractivity contribution in [3.63, 3.8) is 0 Å². The van der Waals surface area contributed by atoms with Gasteiger partial charge in [0.1, 0.15) is 11.7 Å². The van der Waals surface area contributed by atoms with Crippen LogP contribution in [0, 0.1) is 17.6 Å². The second kappa shape index (κ2) is 5.19. The van der Waals surface area contributed by atoms with Crippen LogP contribution in [0.4, 0.5) is 8.78 Å². The van der Waals surface area contributed by atoms with Crippen molar-refractivity contribution in [2.75, 3.05) is 6.54 Å². The van der Waals surface area contributed by atoms with Crippen molar-refractivity contribution in [2.24, 2.45) is 5.92 Å². The van der Waals surface area contributed by atoms with Crippen molar-refractivity contribution >= 4 is 11.8 Å². The molecule has 0 aliphatic carbocycles. The number of halogens is 2. The molecule has 2 amide bonds. The molecule has 2 rings (SSSR count). The number of rotatable bonds is 3. The zero-order chi connectivity index (χ0) is 14.0. The molecule has 1 heterocycles. The third kappa shape index (κ3) is 2.79. The summed E-state index contributed by atoms with van der Waals surface area (Å²) in [6, 6.07) is 2.51. The molecule has 8 heteroatoms. The molecule has 3 N–H and O–H groups in total. The first-order valence-corrected chi connectivity index (χ1v) is 5.36. The van der Waals surface area contributed by atoms with E-state index in [2.05, 4.69) is 10.2 Å². The van der Waals surface area contributed by atoms with E-state index >= 15 is 0 Å². The van der Waals surface area contributed by atoms with Crippen molar-refractivity contribution in [1.29, 1.82) is 0 Å². The Hall–Kier alpha value is -2.22. The highest BCUT2D eigenvalue weighted by Crippen LogP contribution is 2.17. The minimum absolute atomic E-state index is 0.0399. The van der Waals surface area contributed by atoms with Gasteiger partial charge in [0.25, 0.3) is 5.91 Å². The Labute approximate surface area is 106 Å². The molecule has 0 aromatic heterocycles. The summed E-state index contributed by atoms with van der Waals surface area (Å²) in [6.45, 7) is -0.0399. The molecular weight excluding hydrogens is 262 g/mol. The number of carbonyl (C=O) groups excluding carboxylic acids is 2. The molecular formula is C11H10F2N2O4. The van der Waals surface area contributed by atoms with Crippen molar-refractivity contribution in [3.05, 3.63) is 29.8 Å². The van der Waals surface area contributed by atoms with Gasteiger partial charge in [0.15, 0.2) is 11.6 Å². The lowest BCUT2D eigenvalue weighted by atomic mass is 10.1. The van der Waals surface area contributed by atoms with E-state index in [0.29, 0.717) is 6.07 Å². The van der Waals surface area contributed by atoms with E-state index in [4.69, 9.17) is 0 Å². The van der Waals surface area contributed by atoms with E-state index in [1.54, 1.807) is 0 Å². The standard InChI is InChI=1S/C11H10F2N2O4/c12-5-1-2-8(6(13)3-5)19-15-11(18)9-7(16)4-14-10(9)17/h1-3,7,9,16H,4H2,(H,14,17)(H,15,18). The molecule has 19 heavy (non-hydrogen) atoms. The first kappa shape index (κ1) is 13.2. The lowest BCUT2D eigenvalue weighted by Gasteiger charge is -2.12. The Morgan fingerprint density at radius 1 is 1.47 bits per heavy atom. The van der Waals surface area contributed by atoms with Gasteiger partial charge in [0, 0.05) is 12.6 Å². The number of β-amino-alcohol motifs (C(OH)–C–C–N with tert-alkyl or cyclic N) is 1. The van der Waals surface area contributed by atoms with Gasteiger partial charge in [-0.05, 0) is 12.1 Å². The normalized spacial score (nSPS) is 21.9. The summed E-state index contributed by atoms with van der Waals surface area (Å²) in [5, 5.41) is 11.7. The fourth-order valence-corrected chi connectivity index (χ4v) is 1.63. The molecule has 1 fully saturated rings. The molecule has 2 atom stereocenters. The smallest absolute Gasteiger partial charge is 0.267 e. The number of benzene rings is 1. The maximum atomic E-state index is 13.2. The highest BCUT2D eigenvalue weighted by atomic mass is 19.1. The SMILES string of the molecule is O=C1NCC(O)C1C(=O)NOc1ccc(F)cc1F. The van der Waals surface area contributed by atoms with Gasteiger partial charge in [-0.1, -0.05) is 0 Å². The van der Waals surface area contributed by atoms with Crippen LogP contribution in [-0.2, 0) is 9.59 Å². The summed E-state index contributed by atoms with van der Waals surface area (Å²) < 4.78 is 25.8. The van der Waals surface area contributed by atoms with Gasteiger partial charge in [-0.25, -0.2) is 8.78 Å². The van der Waals surface area contributed by atoms with Crippen LogP contribution in [0.5, 0.6) is 5.75 Å². The maximum absolute atomic E-state index is 13.2.